The first-order valence-electron chi connectivity index (χ1n) is 37.7. The van der Waals surface area contributed by atoms with Crippen LogP contribution in [0.1, 0.15) is 246 Å². The lowest BCUT2D eigenvalue weighted by Gasteiger charge is -2.21. The van der Waals surface area contributed by atoms with Gasteiger partial charge in [-0.3, -0.25) is 37.3 Å². The van der Waals surface area contributed by atoms with E-state index < -0.39 is 97.5 Å². The summed E-state index contributed by atoms with van der Waals surface area (Å²) in [5, 5.41) is 10.6. The molecule has 0 aliphatic heterocycles. The zero-order valence-corrected chi connectivity index (χ0v) is 64.2. The third kappa shape index (κ3) is 72.3. The first kappa shape index (κ1) is 95.9. The molecule has 0 bridgehead atoms. The van der Waals surface area contributed by atoms with Gasteiger partial charge in [0.05, 0.1) is 39.3 Å². The minimum absolute atomic E-state index is 0.00705. The largest absolute Gasteiger partial charge is 0.472 e. The molecule has 0 fully saturated rings. The summed E-state index contributed by atoms with van der Waals surface area (Å²) in [7, 11) is -10.0. The van der Waals surface area contributed by atoms with Crippen LogP contribution in [-0.4, -0.2) is 96.7 Å². The quantitative estimate of drug-likeness (QED) is 0.0169. The third-order valence-electron chi connectivity index (χ3n) is 14.6. The van der Waals surface area contributed by atoms with Crippen LogP contribution in [0.2, 0.25) is 0 Å². The molecule has 0 saturated heterocycles. The van der Waals surface area contributed by atoms with Crippen LogP contribution in [0.4, 0.5) is 0 Å². The number of phosphoric ester groups is 2. The number of hydrogen-bond donors (Lipinski definition) is 3. The van der Waals surface area contributed by atoms with Gasteiger partial charge in [0.1, 0.15) is 19.3 Å². The molecule has 0 saturated carbocycles. The average molecular weight is 1460 g/mol. The molecule has 0 rings (SSSR count). The fourth-order valence-corrected chi connectivity index (χ4v) is 10.6. The SMILES string of the molecule is CC/C=C\C/C=C\C/C=C\C/C=C\C/C=C\C/C=C\CCC(=O)OCC(COP(=O)(O)OCC(O)COP(=O)(O)OCC(COC(=O)C/C=C\C/C=C\C/C=C\C/C=C\C/C=C\CC)OC(=O)CCCCCCCCCCCCCCC)OC(=O)C/C=C\C/C=C\C/C=C\C/C=C\C/C=C\CC. The molecule has 0 spiro atoms. The van der Waals surface area contributed by atoms with E-state index in [-0.39, 0.29) is 25.7 Å². The molecule has 0 aliphatic carbocycles. The van der Waals surface area contributed by atoms with Crippen molar-refractivity contribution in [3.63, 3.8) is 0 Å². The number of carbonyl (C=O) groups excluding carboxylic acids is 4. The van der Waals surface area contributed by atoms with Gasteiger partial charge in [-0.15, -0.1) is 0 Å². The second-order valence-corrected chi connectivity index (χ2v) is 27.0. The Morgan fingerprint density at radius 3 is 0.892 bits per heavy atom. The third-order valence-corrected chi connectivity index (χ3v) is 16.5. The van der Waals surface area contributed by atoms with E-state index in [0.717, 1.165) is 109 Å². The van der Waals surface area contributed by atoms with Crippen molar-refractivity contribution in [2.24, 2.45) is 0 Å². The Hall–Kier alpha value is -6.10. The van der Waals surface area contributed by atoms with Crippen LogP contribution in [0.3, 0.4) is 0 Å². The smallest absolute Gasteiger partial charge is 0.462 e. The van der Waals surface area contributed by atoms with E-state index in [1.807, 2.05) is 48.6 Å². The fraction of sp³-hybridized carbons (Fsp3) is 0.566. The van der Waals surface area contributed by atoms with Crippen LogP contribution in [0.5, 0.6) is 0 Å². The molecule has 17 nitrogen and oxygen atoms in total. The molecule has 0 radical (unpaired) electrons. The number of ether oxygens (including phenoxy) is 4. The van der Waals surface area contributed by atoms with Crippen molar-refractivity contribution in [3.8, 4) is 0 Å². The Bertz CT molecular complexity index is 2700. The molecule has 102 heavy (non-hydrogen) atoms. The molecular weight excluding hydrogens is 1330 g/mol. The summed E-state index contributed by atoms with van der Waals surface area (Å²) in [6.07, 6.45) is 89.4. The highest BCUT2D eigenvalue weighted by Gasteiger charge is 2.30. The fourth-order valence-electron chi connectivity index (χ4n) is 9.04. The summed E-state index contributed by atoms with van der Waals surface area (Å²) >= 11 is 0. The van der Waals surface area contributed by atoms with Crippen LogP contribution in [-0.2, 0) is 65.4 Å². The highest BCUT2D eigenvalue weighted by Crippen LogP contribution is 2.45. The van der Waals surface area contributed by atoms with E-state index >= 15 is 0 Å². The number of phosphoric acid groups is 2. The van der Waals surface area contributed by atoms with Crippen molar-refractivity contribution in [1.29, 1.82) is 0 Å². The van der Waals surface area contributed by atoms with Gasteiger partial charge in [-0.1, -0.05) is 299 Å². The van der Waals surface area contributed by atoms with Crippen molar-refractivity contribution in [2.75, 3.05) is 39.6 Å². The van der Waals surface area contributed by atoms with Crippen LogP contribution in [0.15, 0.2) is 194 Å². The number of hydrogen-bond acceptors (Lipinski definition) is 15. The van der Waals surface area contributed by atoms with E-state index in [1.165, 1.54) is 51.4 Å². The van der Waals surface area contributed by atoms with Gasteiger partial charge >= 0.3 is 39.5 Å². The van der Waals surface area contributed by atoms with E-state index in [2.05, 4.69) is 155 Å². The Kier molecular flexibility index (Phi) is 68.8. The lowest BCUT2D eigenvalue weighted by molar-refractivity contribution is -0.160. The molecule has 0 aliphatic rings. The number of unbranched alkanes of at least 4 members (excludes halogenated alkanes) is 12. The van der Waals surface area contributed by atoms with Crippen LogP contribution < -0.4 is 0 Å². The highest BCUT2D eigenvalue weighted by molar-refractivity contribution is 7.47. The lowest BCUT2D eigenvalue weighted by Crippen LogP contribution is -2.30. The maximum atomic E-state index is 13.1. The van der Waals surface area contributed by atoms with Gasteiger partial charge < -0.3 is 33.8 Å². The summed E-state index contributed by atoms with van der Waals surface area (Å²) in [6, 6.07) is 0. The Morgan fingerprint density at radius 2 is 0.559 bits per heavy atom. The van der Waals surface area contributed by atoms with Gasteiger partial charge in [-0.05, 0) is 116 Å². The second kappa shape index (κ2) is 73.2. The standard InChI is InChI=1S/C83H130O17P2/c1-5-9-13-17-21-25-29-33-36-37-38-39-42-45-48-52-56-60-64-68-81(86)94-74-79(100-83(88)70-66-62-58-54-50-46-41-35-31-27-23-19-15-11-7-3)76-98-102(91,92)96-72-77(84)71-95-101(89,90)97-75-78(99-82(87)69-65-61-57-53-49-43-32-28-24-20-16-12-8-4)73-93-80(85)67-63-59-55-51-47-44-40-34-30-26-22-18-14-10-6-2/h9-11,13-15,21-23,25-27,33-36,38-41,45,47-48,50-51,54,56,59-60,62-63,66,77-79,84H,5-8,12,16-20,24,28-32,37,42-44,46,49,52-53,55,57-58,61,64-65,67-76H2,1-4H3,(H,89,90)(H,91,92)/b13-9-,14-10-,15-11-,25-21-,26-22-,27-23-,36-33-,39-38-,40-34-,41-35-,48-45-,51-47-,54-50-,60-56-,63-59-,66-62-. The molecule has 5 atom stereocenters. The Balaban J connectivity index is 5.56. The van der Waals surface area contributed by atoms with Gasteiger partial charge in [0.25, 0.3) is 0 Å². The lowest BCUT2D eigenvalue weighted by atomic mass is 10.0. The number of esters is 4. The highest BCUT2D eigenvalue weighted by atomic mass is 31.2. The van der Waals surface area contributed by atoms with E-state index in [0.29, 0.717) is 32.1 Å². The van der Waals surface area contributed by atoms with E-state index in [9.17, 15) is 43.2 Å². The van der Waals surface area contributed by atoms with Crippen molar-refractivity contribution in [2.45, 2.75) is 264 Å². The second-order valence-electron chi connectivity index (χ2n) is 24.1. The number of aliphatic hydroxyl groups excluding tert-OH is 1. The molecule has 3 N–H and O–H groups in total. The first-order chi connectivity index (χ1) is 49.7. The van der Waals surface area contributed by atoms with Crippen LogP contribution in [0.25, 0.3) is 0 Å². The zero-order valence-electron chi connectivity index (χ0n) is 62.4. The first-order valence-corrected chi connectivity index (χ1v) is 40.7. The Morgan fingerprint density at radius 1 is 0.294 bits per heavy atom. The molecule has 0 aromatic rings. The number of aliphatic hydroxyl groups is 1. The van der Waals surface area contributed by atoms with Gasteiger partial charge in [-0.25, -0.2) is 9.13 Å². The molecule has 0 aromatic carbocycles. The van der Waals surface area contributed by atoms with Crippen molar-refractivity contribution in [3.05, 3.63) is 194 Å². The summed E-state index contributed by atoms with van der Waals surface area (Å²) in [6.45, 7) is 4.17. The van der Waals surface area contributed by atoms with Gasteiger partial charge in [0.2, 0.25) is 0 Å². The zero-order chi connectivity index (χ0) is 74.6. The van der Waals surface area contributed by atoms with E-state index in [4.69, 9.17) is 37.0 Å². The summed E-state index contributed by atoms with van der Waals surface area (Å²) in [5.41, 5.74) is 0. The monoisotopic (exact) mass is 1460 g/mol. The summed E-state index contributed by atoms with van der Waals surface area (Å²) < 4.78 is 68.1. The number of carbonyl (C=O) groups is 4. The molecule has 0 aromatic heterocycles. The Labute approximate surface area is 615 Å². The summed E-state index contributed by atoms with van der Waals surface area (Å²) in [4.78, 5) is 72.7. The van der Waals surface area contributed by atoms with Crippen LogP contribution >= 0.6 is 15.6 Å². The molecule has 0 amide bonds. The number of allylic oxidation sites excluding steroid dienone is 30. The maximum absolute atomic E-state index is 13.1. The molecule has 574 valence electrons. The maximum Gasteiger partial charge on any atom is 0.472 e. The summed E-state index contributed by atoms with van der Waals surface area (Å²) in [5.74, 6) is -2.59. The van der Waals surface area contributed by atoms with Gasteiger partial charge in [0.15, 0.2) is 12.2 Å². The van der Waals surface area contributed by atoms with E-state index in [1.54, 1.807) is 18.2 Å². The molecule has 19 heteroatoms. The van der Waals surface area contributed by atoms with Crippen molar-refractivity contribution in [1.82, 2.24) is 0 Å². The van der Waals surface area contributed by atoms with Crippen molar-refractivity contribution < 1.29 is 80.2 Å². The predicted octanol–water partition coefficient (Wildman–Crippen LogP) is 21.8. The topological polar surface area (TPSA) is 237 Å². The average Bonchev–Trinajstić information content (AvgIpc) is 0.924. The molecule has 5 unspecified atom stereocenters. The predicted molar refractivity (Wildman–Crippen MR) is 417 cm³/mol. The van der Waals surface area contributed by atoms with Crippen LogP contribution in [0, 0.1) is 0 Å². The minimum Gasteiger partial charge on any atom is -0.462 e. The van der Waals surface area contributed by atoms with Gasteiger partial charge in [-0.2, -0.15) is 0 Å². The number of rotatable bonds is 68. The normalized spacial score (nSPS) is 15.0. The van der Waals surface area contributed by atoms with Gasteiger partial charge in [0, 0.05) is 12.8 Å². The minimum atomic E-state index is -5.03. The molecule has 0 heterocycles. The molecular formula is C83H130O17P2. The van der Waals surface area contributed by atoms with Crippen molar-refractivity contribution >= 4 is 39.5 Å².